The Kier molecular flexibility index (Phi) is 2.97. The van der Waals surface area contributed by atoms with Gasteiger partial charge in [-0.15, -0.1) is 0 Å². The number of hydrogen-bond acceptors (Lipinski definition) is 5. The average Bonchev–Trinajstić information content (AvgIpc) is 2.92. The van der Waals surface area contributed by atoms with Crippen LogP contribution in [0.1, 0.15) is 12.0 Å². The highest BCUT2D eigenvalue weighted by atomic mass is 16.6. The molecule has 4 rings (SSSR count). The van der Waals surface area contributed by atoms with E-state index in [1.807, 2.05) is 12.1 Å². The van der Waals surface area contributed by atoms with E-state index in [2.05, 4.69) is 0 Å². The Bertz CT molecular complexity index is 643. The van der Waals surface area contributed by atoms with E-state index >= 15 is 0 Å². The minimum Gasteiger partial charge on any atom is -0.481 e. The van der Waals surface area contributed by atoms with Crippen molar-refractivity contribution in [2.24, 2.45) is 5.73 Å². The van der Waals surface area contributed by atoms with E-state index in [-0.39, 0.29) is 24.7 Å². The third-order valence-corrected chi connectivity index (χ3v) is 4.34. The summed E-state index contributed by atoms with van der Waals surface area (Å²) in [5, 5.41) is 0. The summed E-state index contributed by atoms with van der Waals surface area (Å²) >= 11 is 0. The van der Waals surface area contributed by atoms with Gasteiger partial charge in [0, 0.05) is 19.2 Å². The zero-order chi connectivity index (χ0) is 15.3. The number of nitrogens with two attached hydrogens (primary N) is 1. The van der Waals surface area contributed by atoms with Crippen molar-refractivity contribution >= 4 is 23.4 Å². The molecule has 1 aromatic carbocycles. The molecule has 0 bridgehead atoms. The molecule has 1 aromatic rings. The fourth-order valence-corrected chi connectivity index (χ4v) is 3.27. The summed E-state index contributed by atoms with van der Waals surface area (Å²) in [7, 11) is 0. The molecule has 3 heterocycles. The Morgan fingerprint density at radius 1 is 1.27 bits per heavy atom. The number of hydrogen-bond donors (Lipinski definition) is 1. The van der Waals surface area contributed by atoms with Crippen LogP contribution < -0.4 is 20.3 Å². The van der Waals surface area contributed by atoms with E-state index in [4.69, 9.17) is 15.2 Å². The summed E-state index contributed by atoms with van der Waals surface area (Å²) < 4.78 is 10.8. The van der Waals surface area contributed by atoms with Gasteiger partial charge in [-0.05, 0) is 24.5 Å². The Balaban J connectivity index is 1.75. The number of rotatable bonds is 2. The van der Waals surface area contributed by atoms with E-state index < -0.39 is 0 Å². The molecular weight excluding hydrogens is 286 g/mol. The summed E-state index contributed by atoms with van der Waals surface area (Å²) in [5.41, 5.74) is 8.21. The van der Waals surface area contributed by atoms with E-state index in [9.17, 15) is 9.59 Å². The molecule has 0 unspecified atom stereocenters. The van der Waals surface area contributed by atoms with Crippen molar-refractivity contribution in [2.45, 2.75) is 18.9 Å². The van der Waals surface area contributed by atoms with E-state index in [1.54, 1.807) is 9.80 Å². The largest absolute Gasteiger partial charge is 0.481 e. The van der Waals surface area contributed by atoms with E-state index in [0.29, 0.717) is 18.8 Å². The minimum atomic E-state index is -0.387. The van der Waals surface area contributed by atoms with Gasteiger partial charge in [-0.2, -0.15) is 0 Å². The number of ether oxygens (including phenoxy) is 2. The van der Waals surface area contributed by atoms with E-state index in [0.717, 1.165) is 36.3 Å². The smallest absolute Gasteiger partial charge is 0.414 e. The standard InChI is InChI=1S/C15H17N3O4/c16-6-11-7-18(15(20)22-11)10-4-9-2-1-3-17-13(19)8-21-12(5-10)14(9)17/h4-5,11H,1-3,6-8,16H2/t11-/m0/s1. The molecule has 1 atom stereocenters. The minimum absolute atomic E-state index is 0.00928. The number of amides is 2. The second kappa shape index (κ2) is 4.88. The molecule has 1 fully saturated rings. The van der Waals surface area contributed by atoms with Gasteiger partial charge in [-0.1, -0.05) is 0 Å². The predicted octanol–water partition coefficient (Wildman–Crippen LogP) is 0.642. The van der Waals surface area contributed by atoms with Crippen LogP contribution in [-0.4, -0.2) is 44.3 Å². The zero-order valence-corrected chi connectivity index (χ0v) is 12.1. The van der Waals surface area contributed by atoms with Crippen LogP contribution in [0.5, 0.6) is 5.75 Å². The molecule has 3 aliphatic rings. The number of carbonyl (C=O) groups is 2. The molecule has 0 aliphatic carbocycles. The zero-order valence-electron chi connectivity index (χ0n) is 12.1. The van der Waals surface area contributed by atoms with Gasteiger partial charge < -0.3 is 20.1 Å². The van der Waals surface area contributed by atoms with Crippen LogP contribution in [0.3, 0.4) is 0 Å². The fraction of sp³-hybridized carbons (Fsp3) is 0.467. The average molecular weight is 303 g/mol. The maximum Gasteiger partial charge on any atom is 0.414 e. The predicted molar refractivity (Wildman–Crippen MR) is 79.3 cm³/mol. The van der Waals surface area contributed by atoms with Crippen molar-refractivity contribution in [1.29, 1.82) is 0 Å². The van der Waals surface area contributed by atoms with Crippen LogP contribution in [0.4, 0.5) is 16.2 Å². The van der Waals surface area contributed by atoms with Crippen molar-refractivity contribution in [1.82, 2.24) is 0 Å². The van der Waals surface area contributed by atoms with Gasteiger partial charge in [-0.3, -0.25) is 9.69 Å². The van der Waals surface area contributed by atoms with Gasteiger partial charge in [0.1, 0.15) is 11.9 Å². The SMILES string of the molecule is NC[C@H]1CN(c2cc3c4c(c2)OCC(=O)N4CCC3)C(=O)O1. The molecule has 2 N–H and O–H groups in total. The van der Waals surface area contributed by atoms with Crippen LogP contribution in [0.25, 0.3) is 0 Å². The lowest BCUT2D eigenvalue weighted by Gasteiger charge is -2.35. The number of anilines is 2. The van der Waals surface area contributed by atoms with Crippen LogP contribution >= 0.6 is 0 Å². The third kappa shape index (κ3) is 1.93. The molecule has 3 aliphatic heterocycles. The first-order valence-electron chi connectivity index (χ1n) is 7.45. The van der Waals surface area contributed by atoms with Gasteiger partial charge in [0.25, 0.3) is 5.91 Å². The molecule has 22 heavy (non-hydrogen) atoms. The number of benzene rings is 1. The first kappa shape index (κ1) is 13.4. The lowest BCUT2D eigenvalue weighted by atomic mass is 9.98. The van der Waals surface area contributed by atoms with Crippen molar-refractivity contribution in [2.75, 3.05) is 36.0 Å². The second-order valence-electron chi connectivity index (χ2n) is 5.74. The van der Waals surface area contributed by atoms with Crippen molar-refractivity contribution in [3.63, 3.8) is 0 Å². The lowest BCUT2D eigenvalue weighted by Crippen LogP contribution is -2.42. The molecular formula is C15H17N3O4. The summed E-state index contributed by atoms with van der Waals surface area (Å²) in [6, 6.07) is 3.76. The summed E-state index contributed by atoms with van der Waals surface area (Å²) in [5.74, 6) is 0.653. The second-order valence-corrected chi connectivity index (χ2v) is 5.74. The van der Waals surface area contributed by atoms with Crippen molar-refractivity contribution in [3.05, 3.63) is 17.7 Å². The molecule has 7 nitrogen and oxygen atoms in total. The molecule has 7 heteroatoms. The van der Waals surface area contributed by atoms with Crippen LogP contribution in [0.15, 0.2) is 12.1 Å². The number of nitrogens with zero attached hydrogens (tertiary/aromatic N) is 2. The third-order valence-electron chi connectivity index (χ3n) is 4.34. The molecule has 0 aromatic heterocycles. The lowest BCUT2D eigenvalue weighted by molar-refractivity contribution is -0.121. The number of cyclic esters (lactones) is 1. The van der Waals surface area contributed by atoms with Crippen molar-refractivity contribution in [3.8, 4) is 5.75 Å². The van der Waals surface area contributed by atoms with Crippen LogP contribution in [0.2, 0.25) is 0 Å². The topological polar surface area (TPSA) is 85.1 Å². The Labute approximate surface area is 127 Å². The molecule has 116 valence electrons. The molecule has 1 saturated heterocycles. The normalized spacial score (nSPS) is 23.2. The maximum absolute atomic E-state index is 12.0. The first-order chi connectivity index (χ1) is 10.7. The van der Waals surface area contributed by atoms with Gasteiger partial charge in [0.15, 0.2) is 6.61 Å². The number of carbonyl (C=O) groups excluding carboxylic acids is 2. The monoisotopic (exact) mass is 303 g/mol. The highest BCUT2D eigenvalue weighted by Gasteiger charge is 2.35. The quantitative estimate of drug-likeness (QED) is 0.866. The Hall–Kier alpha value is -2.28. The molecule has 0 radical (unpaired) electrons. The van der Waals surface area contributed by atoms with Gasteiger partial charge >= 0.3 is 6.09 Å². The first-order valence-corrected chi connectivity index (χ1v) is 7.45. The van der Waals surface area contributed by atoms with Gasteiger partial charge in [-0.25, -0.2) is 4.79 Å². The summed E-state index contributed by atoms with van der Waals surface area (Å²) in [4.78, 5) is 27.3. The highest BCUT2D eigenvalue weighted by molar-refractivity contribution is 6.00. The fourth-order valence-electron chi connectivity index (χ4n) is 3.27. The van der Waals surface area contributed by atoms with Gasteiger partial charge in [0.2, 0.25) is 0 Å². The highest BCUT2D eigenvalue weighted by Crippen LogP contribution is 2.42. The number of aryl methyl sites for hydroxylation is 1. The molecule has 2 amide bonds. The molecule has 0 spiro atoms. The Morgan fingerprint density at radius 2 is 2.14 bits per heavy atom. The molecule has 0 saturated carbocycles. The van der Waals surface area contributed by atoms with E-state index in [1.165, 1.54) is 0 Å². The summed E-state index contributed by atoms with van der Waals surface area (Å²) in [6.45, 7) is 1.52. The van der Waals surface area contributed by atoms with Crippen LogP contribution in [0, 0.1) is 0 Å². The maximum atomic E-state index is 12.0. The van der Waals surface area contributed by atoms with Crippen molar-refractivity contribution < 1.29 is 19.1 Å². The van der Waals surface area contributed by atoms with Gasteiger partial charge in [0.05, 0.1) is 17.9 Å². The Morgan fingerprint density at radius 3 is 2.91 bits per heavy atom. The summed E-state index contributed by atoms with van der Waals surface area (Å²) in [6.07, 6.45) is 1.12. The van der Waals surface area contributed by atoms with Crippen LogP contribution in [-0.2, 0) is 16.0 Å².